The Morgan fingerprint density at radius 3 is 2.78 bits per heavy atom. The molecule has 1 aliphatic heterocycles. The second-order valence-corrected chi connectivity index (χ2v) is 6.61. The molecule has 104 valence electrons. The fourth-order valence-electron chi connectivity index (χ4n) is 3.20. The van der Waals surface area contributed by atoms with E-state index in [-0.39, 0.29) is 6.09 Å². The molecule has 4 nitrogen and oxygen atoms in total. The molecule has 3 unspecified atom stereocenters. The minimum Gasteiger partial charge on any atom is -0.444 e. The second kappa shape index (κ2) is 5.47. The Kier molecular flexibility index (Phi) is 4.15. The van der Waals surface area contributed by atoms with Gasteiger partial charge in [0.15, 0.2) is 0 Å². The Morgan fingerprint density at radius 1 is 1.33 bits per heavy atom. The molecule has 1 saturated heterocycles. The molecule has 18 heavy (non-hydrogen) atoms. The standard InChI is InChI=1S/C14H26N2O2/c1-14(2,3)18-13(17)16-9-12-11-7-5-4-6-10(11)8-15-12/h10-12,15H,4-9H2,1-3H3,(H,16,17). The Hall–Kier alpha value is -0.770. The summed E-state index contributed by atoms with van der Waals surface area (Å²) < 4.78 is 5.26. The molecule has 0 aromatic carbocycles. The highest BCUT2D eigenvalue weighted by molar-refractivity contribution is 5.67. The fourth-order valence-corrected chi connectivity index (χ4v) is 3.20. The lowest BCUT2D eigenvalue weighted by atomic mass is 9.78. The monoisotopic (exact) mass is 254 g/mol. The first-order valence-electron chi connectivity index (χ1n) is 7.16. The lowest BCUT2D eigenvalue weighted by molar-refractivity contribution is 0.0519. The van der Waals surface area contributed by atoms with E-state index in [4.69, 9.17) is 4.74 Å². The van der Waals surface area contributed by atoms with Gasteiger partial charge in [0.05, 0.1) is 0 Å². The van der Waals surface area contributed by atoms with Crippen LogP contribution >= 0.6 is 0 Å². The number of rotatable bonds is 2. The van der Waals surface area contributed by atoms with Gasteiger partial charge in [-0.3, -0.25) is 0 Å². The van der Waals surface area contributed by atoms with Gasteiger partial charge in [0, 0.05) is 12.6 Å². The van der Waals surface area contributed by atoms with Crippen LogP contribution in [-0.4, -0.2) is 30.8 Å². The molecule has 0 aromatic heterocycles. The molecule has 2 N–H and O–H groups in total. The molecule has 1 aliphatic carbocycles. The van der Waals surface area contributed by atoms with Crippen molar-refractivity contribution in [2.75, 3.05) is 13.1 Å². The van der Waals surface area contributed by atoms with Crippen molar-refractivity contribution >= 4 is 6.09 Å². The fraction of sp³-hybridized carbons (Fsp3) is 0.929. The van der Waals surface area contributed by atoms with E-state index in [9.17, 15) is 4.79 Å². The van der Waals surface area contributed by atoms with Gasteiger partial charge in [0.25, 0.3) is 0 Å². The maximum Gasteiger partial charge on any atom is 0.407 e. The number of carbonyl (C=O) groups is 1. The Balaban J connectivity index is 1.75. The van der Waals surface area contributed by atoms with Gasteiger partial charge >= 0.3 is 6.09 Å². The van der Waals surface area contributed by atoms with Crippen LogP contribution in [0.4, 0.5) is 4.79 Å². The van der Waals surface area contributed by atoms with Crippen LogP contribution in [0.3, 0.4) is 0 Å². The summed E-state index contributed by atoms with van der Waals surface area (Å²) in [5, 5.41) is 6.44. The zero-order valence-corrected chi connectivity index (χ0v) is 11.8. The van der Waals surface area contributed by atoms with Crippen LogP contribution in [0.25, 0.3) is 0 Å². The van der Waals surface area contributed by atoms with Crippen molar-refractivity contribution < 1.29 is 9.53 Å². The van der Waals surface area contributed by atoms with Gasteiger partial charge in [0.2, 0.25) is 0 Å². The molecule has 0 spiro atoms. The van der Waals surface area contributed by atoms with Gasteiger partial charge < -0.3 is 15.4 Å². The Labute approximate surface area is 110 Å². The highest BCUT2D eigenvalue weighted by Gasteiger charge is 2.37. The first-order valence-corrected chi connectivity index (χ1v) is 7.16. The predicted molar refractivity (Wildman–Crippen MR) is 71.5 cm³/mol. The van der Waals surface area contributed by atoms with Gasteiger partial charge in [-0.05, 0) is 52.0 Å². The van der Waals surface area contributed by atoms with Crippen LogP contribution in [-0.2, 0) is 4.74 Å². The number of alkyl carbamates (subject to hydrolysis) is 1. The van der Waals surface area contributed by atoms with Gasteiger partial charge in [-0.25, -0.2) is 4.79 Å². The third-order valence-corrected chi connectivity index (χ3v) is 3.99. The average molecular weight is 254 g/mol. The quantitative estimate of drug-likeness (QED) is 0.795. The van der Waals surface area contributed by atoms with E-state index in [0.717, 1.165) is 18.4 Å². The van der Waals surface area contributed by atoms with E-state index < -0.39 is 5.60 Å². The highest BCUT2D eigenvalue weighted by Crippen LogP contribution is 2.35. The van der Waals surface area contributed by atoms with Crippen LogP contribution in [0, 0.1) is 11.8 Å². The number of amides is 1. The molecule has 1 heterocycles. The van der Waals surface area contributed by atoms with Crippen LogP contribution in [0.15, 0.2) is 0 Å². The van der Waals surface area contributed by atoms with E-state index in [2.05, 4.69) is 10.6 Å². The molecule has 3 atom stereocenters. The minimum atomic E-state index is -0.416. The van der Waals surface area contributed by atoms with E-state index in [1.54, 1.807) is 0 Å². The van der Waals surface area contributed by atoms with E-state index in [1.807, 2.05) is 20.8 Å². The number of hydrogen-bond donors (Lipinski definition) is 2. The molecule has 1 saturated carbocycles. The SMILES string of the molecule is CC(C)(C)OC(=O)NCC1NCC2CCCCC21. The van der Waals surface area contributed by atoms with Gasteiger partial charge in [-0.15, -0.1) is 0 Å². The summed E-state index contributed by atoms with van der Waals surface area (Å²) in [7, 11) is 0. The summed E-state index contributed by atoms with van der Waals surface area (Å²) in [5.74, 6) is 1.57. The molecular weight excluding hydrogens is 228 g/mol. The van der Waals surface area contributed by atoms with Crippen molar-refractivity contribution in [3.05, 3.63) is 0 Å². The maximum absolute atomic E-state index is 11.6. The molecular formula is C14H26N2O2. The molecule has 1 amide bonds. The summed E-state index contributed by atoms with van der Waals surface area (Å²) in [6.07, 6.45) is 5.06. The molecule has 0 radical (unpaired) electrons. The van der Waals surface area contributed by atoms with Crippen LogP contribution in [0.5, 0.6) is 0 Å². The maximum atomic E-state index is 11.6. The molecule has 2 rings (SSSR count). The number of carbonyl (C=O) groups excluding carboxylic acids is 1. The lowest BCUT2D eigenvalue weighted by Gasteiger charge is -2.28. The topological polar surface area (TPSA) is 50.4 Å². The number of ether oxygens (including phenoxy) is 1. The number of nitrogens with one attached hydrogen (secondary N) is 2. The predicted octanol–water partition coefficient (Wildman–Crippen LogP) is 2.29. The number of hydrogen-bond acceptors (Lipinski definition) is 3. The van der Waals surface area contributed by atoms with E-state index >= 15 is 0 Å². The highest BCUT2D eigenvalue weighted by atomic mass is 16.6. The van der Waals surface area contributed by atoms with E-state index in [1.165, 1.54) is 25.7 Å². The smallest absolute Gasteiger partial charge is 0.407 e. The van der Waals surface area contributed by atoms with Gasteiger partial charge in [-0.1, -0.05) is 12.8 Å². The van der Waals surface area contributed by atoms with Gasteiger partial charge in [-0.2, -0.15) is 0 Å². The molecule has 4 heteroatoms. The van der Waals surface area contributed by atoms with Gasteiger partial charge in [0.1, 0.15) is 5.60 Å². The summed E-state index contributed by atoms with van der Waals surface area (Å²) in [5.41, 5.74) is -0.416. The second-order valence-electron chi connectivity index (χ2n) is 6.61. The summed E-state index contributed by atoms with van der Waals surface area (Å²) >= 11 is 0. The Morgan fingerprint density at radius 2 is 2.06 bits per heavy atom. The van der Waals surface area contributed by atoms with Crippen LogP contribution < -0.4 is 10.6 Å². The average Bonchev–Trinajstić information content (AvgIpc) is 2.67. The van der Waals surface area contributed by atoms with Crippen molar-refractivity contribution in [3.8, 4) is 0 Å². The van der Waals surface area contributed by atoms with Crippen LogP contribution in [0.1, 0.15) is 46.5 Å². The van der Waals surface area contributed by atoms with Crippen molar-refractivity contribution in [3.63, 3.8) is 0 Å². The minimum absolute atomic E-state index is 0.302. The van der Waals surface area contributed by atoms with Crippen LogP contribution in [0.2, 0.25) is 0 Å². The third-order valence-electron chi connectivity index (χ3n) is 3.99. The largest absolute Gasteiger partial charge is 0.444 e. The molecule has 2 fully saturated rings. The zero-order chi connectivity index (χ0) is 13.2. The normalized spacial score (nSPS) is 31.8. The van der Waals surface area contributed by atoms with Crippen molar-refractivity contribution in [1.29, 1.82) is 0 Å². The summed E-state index contributed by atoms with van der Waals surface area (Å²) in [6, 6.07) is 0.433. The summed E-state index contributed by atoms with van der Waals surface area (Å²) in [6.45, 7) is 7.47. The zero-order valence-electron chi connectivity index (χ0n) is 11.8. The van der Waals surface area contributed by atoms with Crippen molar-refractivity contribution in [1.82, 2.24) is 10.6 Å². The Bertz CT molecular complexity index is 299. The number of fused-ring (bicyclic) bond motifs is 1. The molecule has 0 aromatic rings. The van der Waals surface area contributed by atoms with E-state index in [0.29, 0.717) is 12.6 Å². The van der Waals surface area contributed by atoms with Crippen molar-refractivity contribution in [2.45, 2.75) is 58.1 Å². The first kappa shape index (κ1) is 13.7. The van der Waals surface area contributed by atoms with Crippen molar-refractivity contribution in [2.24, 2.45) is 11.8 Å². The first-order chi connectivity index (χ1) is 8.46. The molecule has 0 bridgehead atoms. The molecule has 2 aliphatic rings. The lowest BCUT2D eigenvalue weighted by Crippen LogP contribution is -2.42. The summed E-state index contributed by atoms with van der Waals surface area (Å²) in [4.78, 5) is 11.6. The third kappa shape index (κ3) is 3.61.